The summed E-state index contributed by atoms with van der Waals surface area (Å²) in [5, 5.41) is 0.729. The molecule has 0 aliphatic rings. The van der Waals surface area contributed by atoms with Crippen LogP contribution in [0.15, 0.2) is 30.6 Å². The summed E-state index contributed by atoms with van der Waals surface area (Å²) in [5.41, 5.74) is 0.578. The molecule has 0 bridgehead atoms. The molecule has 0 amide bonds. The number of rotatable bonds is 0. The van der Waals surface area contributed by atoms with Crippen molar-refractivity contribution < 1.29 is 4.39 Å². The first-order valence-electron chi connectivity index (χ1n) is 3.22. The van der Waals surface area contributed by atoms with Crippen molar-refractivity contribution in [2.75, 3.05) is 0 Å². The summed E-state index contributed by atoms with van der Waals surface area (Å²) in [6.07, 6.45) is 2.79. The number of halogens is 1. The van der Waals surface area contributed by atoms with Gasteiger partial charge in [0.1, 0.15) is 5.82 Å². The van der Waals surface area contributed by atoms with Gasteiger partial charge in [0, 0.05) is 11.6 Å². The number of hydrogen-bond acceptors (Lipinski definition) is 2. The van der Waals surface area contributed by atoms with Gasteiger partial charge in [-0.2, -0.15) is 0 Å². The van der Waals surface area contributed by atoms with Crippen molar-refractivity contribution in [1.29, 1.82) is 0 Å². The molecular formula is C8H5FN2. The second-order valence-corrected chi connectivity index (χ2v) is 2.20. The van der Waals surface area contributed by atoms with Crippen molar-refractivity contribution in [2.45, 2.75) is 0 Å². The molecule has 0 radical (unpaired) electrons. The molecule has 3 heteroatoms. The van der Waals surface area contributed by atoms with Gasteiger partial charge in [0.2, 0.25) is 0 Å². The Bertz CT molecular complexity index is 387. The van der Waals surface area contributed by atoms with Crippen molar-refractivity contribution in [3.05, 3.63) is 36.4 Å². The van der Waals surface area contributed by atoms with Gasteiger partial charge in [-0.1, -0.05) is 0 Å². The van der Waals surface area contributed by atoms with Gasteiger partial charge in [-0.3, -0.25) is 0 Å². The molecule has 0 fully saturated rings. The third-order valence-electron chi connectivity index (χ3n) is 1.42. The average Bonchev–Trinajstić information content (AvgIpc) is 2.04. The van der Waals surface area contributed by atoms with E-state index in [1.165, 1.54) is 6.07 Å². The Labute approximate surface area is 62.7 Å². The Hall–Kier alpha value is -1.51. The van der Waals surface area contributed by atoms with Gasteiger partial charge in [-0.25, -0.2) is 14.4 Å². The Morgan fingerprint density at radius 1 is 1.27 bits per heavy atom. The number of hydrogen-bond donors (Lipinski definition) is 0. The predicted molar refractivity (Wildman–Crippen MR) is 39.5 cm³/mol. The van der Waals surface area contributed by atoms with Crippen molar-refractivity contribution >= 4 is 11.0 Å². The summed E-state index contributed by atoms with van der Waals surface area (Å²) in [7, 11) is 0. The Morgan fingerprint density at radius 3 is 3.09 bits per heavy atom. The Morgan fingerprint density at radius 2 is 2.18 bits per heavy atom. The van der Waals surface area contributed by atoms with E-state index in [2.05, 4.69) is 9.97 Å². The van der Waals surface area contributed by atoms with Crippen LogP contribution >= 0.6 is 0 Å². The highest BCUT2D eigenvalue weighted by atomic mass is 19.1. The minimum atomic E-state index is -0.328. The van der Waals surface area contributed by atoms with Gasteiger partial charge in [0.25, 0.3) is 0 Å². The maximum atomic E-state index is 12.5. The van der Waals surface area contributed by atoms with E-state index in [0.717, 1.165) is 11.6 Å². The molecule has 11 heavy (non-hydrogen) atoms. The van der Waals surface area contributed by atoms with E-state index in [0.29, 0.717) is 5.65 Å². The van der Waals surface area contributed by atoms with Crippen LogP contribution in [-0.4, -0.2) is 9.97 Å². The van der Waals surface area contributed by atoms with Crippen LogP contribution in [0.2, 0.25) is 0 Å². The molecule has 0 unspecified atom stereocenters. The lowest BCUT2D eigenvalue weighted by molar-refractivity contribution is 0.624. The summed E-state index contributed by atoms with van der Waals surface area (Å²) in [6.45, 7) is 0. The molecule has 2 heterocycles. The lowest BCUT2D eigenvalue weighted by Gasteiger charge is -1.92. The summed E-state index contributed by atoms with van der Waals surface area (Å²) in [5.74, 6) is -0.328. The van der Waals surface area contributed by atoms with E-state index in [1.807, 2.05) is 0 Å². The second kappa shape index (κ2) is 2.27. The first kappa shape index (κ1) is 6.22. The maximum absolute atomic E-state index is 12.5. The highest BCUT2D eigenvalue weighted by molar-refractivity contribution is 5.73. The summed E-state index contributed by atoms with van der Waals surface area (Å²) >= 11 is 0. The molecule has 0 aliphatic heterocycles. The molecule has 0 saturated carbocycles. The standard InChI is InChI=1S/C8H5FN2/c9-7-4-6-2-1-3-10-8(6)11-5-7/h1-5H. The number of nitrogens with zero attached hydrogens (tertiary/aromatic N) is 2. The molecule has 2 nitrogen and oxygen atoms in total. The summed E-state index contributed by atoms with van der Waals surface area (Å²) < 4.78 is 12.5. The highest BCUT2D eigenvalue weighted by Crippen LogP contribution is 2.08. The minimum absolute atomic E-state index is 0.328. The van der Waals surface area contributed by atoms with Crippen molar-refractivity contribution in [3.63, 3.8) is 0 Å². The zero-order valence-electron chi connectivity index (χ0n) is 5.66. The van der Waals surface area contributed by atoms with Crippen LogP contribution in [-0.2, 0) is 0 Å². The van der Waals surface area contributed by atoms with Crippen LogP contribution in [0.3, 0.4) is 0 Å². The van der Waals surface area contributed by atoms with Crippen LogP contribution in [0.1, 0.15) is 0 Å². The fourth-order valence-electron chi connectivity index (χ4n) is 0.939. The van der Waals surface area contributed by atoms with Gasteiger partial charge >= 0.3 is 0 Å². The topological polar surface area (TPSA) is 25.8 Å². The Kier molecular flexibility index (Phi) is 1.28. The number of fused-ring (bicyclic) bond motifs is 1. The van der Waals surface area contributed by atoms with Gasteiger partial charge in [-0.05, 0) is 18.2 Å². The molecule has 54 valence electrons. The molecule has 0 aliphatic carbocycles. The van der Waals surface area contributed by atoms with Crippen LogP contribution < -0.4 is 0 Å². The van der Waals surface area contributed by atoms with E-state index in [9.17, 15) is 4.39 Å². The highest BCUT2D eigenvalue weighted by Gasteiger charge is 1.94. The average molecular weight is 148 g/mol. The van der Waals surface area contributed by atoms with Crippen molar-refractivity contribution in [1.82, 2.24) is 9.97 Å². The molecule has 0 saturated heterocycles. The molecule has 0 spiro atoms. The third kappa shape index (κ3) is 1.05. The maximum Gasteiger partial charge on any atom is 0.159 e. The minimum Gasteiger partial charge on any atom is -0.237 e. The second-order valence-electron chi connectivity index (χ2n) is 2.20. The molecule has 2 aromatic heterocycles. The quantitative estimate of drug-likeness (QED) is 0.569. The smallest absolute Gasteiger partial charge is 0.159 e. The zero-order valence-corrected chi connectivity index (χ0v) is 5.66. The predicted octanol–water partition coefficient (Wildman–Crippen LogP) is 1.77. The third-order valence-corrected chi connectivity index (χ3v) is 1.42. The first-order chi connectivity index (χ1) is 5.36. The van der Waals surface area contributed by atoms with Gasteiger partial charge < -0.3 is 0 Å². The number of aromatic nitrogens is 2. The Balaban J connectivity index is 2.83. The molecular weight excluding hydrogens is 143 g/mol. The van der Waals surface area contributed by atoms with E-state index < -0.39 is 0 Å². The molecule has 0 N–H and O–H groups in total. The monoisotopic (exact) mass is 148 g/mol. The van der Waals surface area contributed by atoms with E-state index in [-0.39, 0.29) is 5.82 Å². The van der Waals surface area contributed by atoms with Gasteiger partial charge in [-0.15, -0.1) is 0 Å². The van der Waals surface area contributed by atoms with Crippen LogP contribution in [0, 0.1) is 5.82 Å². The normalized spacial score (nSPS) is 10.3. The molecule has 0 atom stereocenters. The summed E-state index contributed by atoms with van der Waals surface area (Å²) in [6, 6.07) is 4.94. The van der Waals surface area contributed by atoms with E-state index in [4.69, 9.17) is 0 Å². The van der Waals surface area contributed by atoms with E-state index >= 15 is 0 Å². The fourth-order valence-corrected chi connectivity index (χ4v) is 0.939. The molecule has 2 aromatic rings. The SMILES string of the molecule is Fc1cnc2ncccc2c1. The lowest BCUT2D eigenvalue weighted by Crippen LogP contribution is -1.83. The van der Waals surface area contributed by atoms with E-state index in [1.54, 1.807) is 18.3 Å². The first-order valence-corrected chi connectivity index (χ1v) is 3.22. The van der Waals surface area contributed by atoms with Crippen LogP contribution in [0.4, 0.5) is 4.39 Å². The largest absolute Gasteiger partial charge is 0.237 e. The van der Waals surface area contributed by atoms with Gasteiger partial charge in [0.05, 0.1) is 6.20 Å². The molecule has 0 aromatic carbocycles. The zero-order chi connectivity index (χ0) is 7.68. The summed E-state index contributed by atoms with van der Waals surface area (Å²) in [4.78, 5) is 7.74. The lowest BCUT2D eigenvalue weighted by atomic mass is 10.3. The molecule has 2 rings (SSSR count). The van der Waals surface area contributed by atoms with Crippen LogP contribution in [0.25, 0.3) is 11.0 Å². The van der Waals surface area contributed by atoms with Crippen LogP contribution in [0.5, 0.6) is 0 Å². The van der Waals surface area contributed by atoms with Crippen molar-refractivity contribution in [2.24, 2.45) is 0 Å². The number of pyridine rings is 2. The van der Waals surface area contributed by atoms with Gasteiger partial charge in [0.15, 0.2) is 5.65 Å². The fraction of sp³-hybridized carbons (Fsp3) is 0. The van der Waals surface area contributed by atoms with Crippen molar-refractivity contribution in [3.8, 4) is 0 Å².